The van der Waals surface area contributed by atoms with Crippen LogP contribution in [-0.2, 0) is 6.54 Å². The first-order valence-electron chi connectivity index (χ1n) is 8.40. The fraction of sp³-hybridized carbons (Fsp3) is 0.263. The molecule has 2 aromatic carbocycles. The van der Waals surface area contributed by atoms with Crippen LogP contribution in [0.2, 0.25) is 0 Å². The van der Waals surface area contributed by atoms with Gasteiger partial charge >= 0.3 is 0 Å². The van der Waals surface area contributed by atoms with E-state index in [0.29, 0.717) is 37.0 Å². The molecule has 0 bridgehead atoms. The van der Waals surface area contributed by atoms with Gasteiger partial charge in [0, 0.05) is 11.6 Å². The molecule has 0 saturated carbocycles. The summed E-state index contributed by atoms with van der Waals surface area (Å²) in [5.74, 6) is 2.14. The highest BCUT2D eigenvalue weighted by Crippen LogP contribution is 2.32. The van der Waals surface area contributed by atoms with E-state index >= 15 is 0 Å². The zero-order chi connectivity index (χ0) is 17.9. The lowest BCUT2D eigenvalue weighted by Crippen LogP contribution is -2.19. The Kier molecular flexibility index (Phi) is 4.53. The number of halogens is 1. The van der Waals surface area contributed by atoms with E-state index in [9.17, 15) is 4.39 Å². The lowest BCUT2D eigenvalue weighted by molar-refractivity contribution is 0.171. The van der Waals surface area contributed by atoms with E-state index in [2.05, 4.69) is 15.5 Å². The summed E-state index contributed by atoms with van der Waals surface area (Å²) in [6, 6.07) is 11.9. The Bertz CT molecular complexity index is 895. The first-order chi connectivity index (χ1) is 12.7. The van der Waals surface area contributed by atoms with Crippen LogP contribution in [-0.4, -0.2) is 23.4 Å². The smallest absolute Gasteiger partial charge is 0.240 e. The maximum atomic E-state index is 13.0. The maximum absolute atomic E-state index is 13.0. The molecule has 3 aromatic rings. The molecule has 1 aliphatic rings. The van der Waals surface area contributed by atoms with E-state index in [1.54, 1.807) is 12.1 Å². The number of nitrogens with one attached hydrogen (secondary N) is 1. The predicted octanol–water partition coefficient (Wildman–Crippen LogP) is 3.50. The van der Waals surface area contributed by atoms with Crippen LogP contribution >= 0.6 is 0 Å². The third-order valence-corrected chi connectivity index (χ3v) is 4.20. The van der Waals surface area contributed by atoms with Gasteiger partial charge < -0.3 is 19.3 Å². The van der Waals surface area contributed by atoms with E-state index in [4.69, 9.17) is 14.0 Å². The molecule has 0 amide bonds. The van der Waals surface area contributed by atoms with Crippen molar-refractivity contribution in [2.45, 2.75) is 19.5 Å². The Balaban J connectivity index is 1.40. The van der Waals surface area contributed by atoms with Crippen LogP contribution in [0.15, 0.2) is 47.0 Å². The molecule has 1 N–H and O–H groups in total. The molecule has 26 heavy (non-hydrogen) atoms. The molecular formula is C19H18FN3O3. The number of hydrogen-bond acceptors (Lipinski definition) is 6. The van der Waals surface area contributed by atoms with Gasteiger partial charge in [-0.05, 0) is 48.9 Å². The van der Waals surface area contributed by atoms with Crippen molar-refractivity contribution in [2.75, 3.05) is 13.2 Å². The first kappa shape index (κ1) is 16.5. The van der Waals surface area contributed by atoms with Crippen molar-refractivity contribution < 1.29 is 18.4 Å². The van der Waals surface area contributed by atoms with Crippen LogP contribution in [0, 0.1) is 5.82 Å². The quantitative estimate of drug-likeness (QED) is 0.755. The molecule has 0 aliphatic carbocycles. The summed E-state index contributed by atoms with van der Waals surface area (Å²) in [5, 5.41) is 7.28. The van der Waals surface area contributed by atoms with Gasteiger partial charge in [0.2, 0.25) is 11.7 Å². The molecular weight excluding hydrogens is 337 g/mol. The average molecular weight is 355 g/mol. The summed E-state index contributed by atoms with van der Waals surface area (Å²) >= 11 is 0. The number of aromatic nitrogens is 2. The second-order valence-electron chi connectivity index (χ2n) is 6.02. The van der Waals surface area contributed by atoms with Crippen LogP contribution < -0.4 is 14.8 Å². The van der Waals surface area contributed by atoms with Crippen LogP contribution in [0.4, 0.5) is 4.39 Å². The van der Waals surface area contributed by atoms with Crippen molar-refractivity contribution in [1.29, 1.82) is 0 Å². The van der Waals surface area contributed by atoms with Crippen molar-refractivity contribution in [2.24, 2.45) is 0 Å². The number of rotatable bonds is 5. The maximum Gasteiger partial charge on any atom is 0.240 e. The molecule has 4 rings (SSSR count). The van der Waals surface area contributed by atoms with Gasteiger partial charge in [0.05, 0.1) is 6.54 Å². The zero-order valence-electron chi connectivity index (χ0n) is 14.2. The average Bonchev–Trinajstić information content (AvgIpc) is 3.15. The minimum absolute atomic E-state index is 0.0620. The third kappa shape index (κ3) is 3.52. The summed E-state index contributed by atoms with van der Waals surface area (Å²) in [4.78, 5) is 4.34. The molecule has 1 aliphatic heterocycles. The summed E-state index contributed by atoms with van der Waals surface area (Å²) in [6.45, 7) is 3.60. The summed E-state index contributed by atoms with van der Waals surface area (Å²) in [7, 11) is 0. The largest absolute Gasteiger partial charge is 0.486 e. The second kappa shape index (κ2) is 7.13. The van der Waals surface area contributed by atoms with Gasteiger partial charge in [-0.15, -0.1) is 0 Å². The van der Waals surface area contributed by atoms with Crippen molar-refractivity contribution in [3.05, 3.63) is 59.7 Å². The molecule has 1 atom stereocenters. The van der Waals surface area contributed by atoms with Crippen molar-refractivity contribution in [1.82, 2.24) is 15.5 Å². The third-order valence-electron chi connectivity index (χ3n) is 4.20. The predicted molar refractivity (Wildman–Crippen MR) is 92.4 cm³/mol. The Hall–Kier alpha value is -2.93. The number of ether oxygens (including phenoxy) is 2. The van der Waals surface area contributed by atoms with Gasteiger partial charge in [0.1, 0.15) is 19.0 Å². The highest BCUT2D eigenvalue weighted by molar-refractivity contribution is 5.53. The molecule has 0 radical (unpaired) electrons. The topological polar surface area (TPSA) is 69.4 Å². The molecule has 1 aromatic heterocycles. The lowest BCUT2D eigenvalue weighted by atomic mass is 10.1. The molecule has 134 valence electrons. The Morgan fingerprint density at radius 1 is 1.08 bits per heavy atom. The van der Waals surface area contributed by atoms with Crippen molar-refractivity contribution in [3.8, 4) is 22.9 Å². The number of benzene rings is 2. The molecule has 0 unspecified atom stereocenters. The fourth-order valence-corrected chi connectivity index (χ4v) is 2.73. The van der Waals surface area contributed by atoms with Gasteiger partial charge in [-0.3, -0.25) is 0 Å². The van der Waals surface area contributed by atoms with E-state index in [1.165, 1.54) is 12.1 Å². The van der Waals surface area contributed by atoms with Crippen LogP contribution in [0.5, 0.6) is 11.5 Å². The van der Waals surface area contributed by atoms with E-state index in [0.717, 1.165) is 17.1 Å². The summed E-state index contributed by atoms with van der Waals surface area (Å²) < 4.78 is 29.4. The van der Waals surface area contributed by atoms with E-state index in [-0.39, 0.29) is 11.9 Å². The molecule has 0 spiro atoms. The molecule has 7 heteroatoms. The minimum Gasteiger partial charge on any atom is -0.486 e. The van der Waals surface area contributed by atoms with Gasteiger partial charge in [0.25, 0.3) is 0 Å². The van der Waals surface area contributed by atoms with Gasteiger partial charge in [-0.25, -0.2) is 4.39 Å². The zero-order valence-corrected chi connectivity index (χ0v) is 14.2. The van der Waals surface area contributed by atoms with Crippen LogP contribution in [0.25, 0.3) is 11.4 Å². The molecule has 0 saturated heterocycles. The minimum atomic E-state index is -0.299. The summed E-state index contributed by atoms with van der Waals surface area (Å²) in [5.41, 5.74) is 1.79. The van der Waals surface area contributed by atoms with Crippen LogP contribution in [0.3, 0.4) is 0 Å². The van der Waals surface area contributed by atoms with Gasteiger partial charge in [0.15, 0.2) is 11.5 Å². The standard InChI is InChI=1S/C19H18FN3O3/c1-12(14-4-7-16-17(10-14)25-9-8-24-16)21-11-18-22-19(23-26-18)13-2-5-15(20)6-3-13/h2-7,10,12,21H,8-9,11H2,1H3/t12-/m1/s1. The molecule has 6 nitrogen and oxygen atoms in total. The van der Waals surface area contributed by atoms with E-state index < -0.39 is 0 Å². The van der Waals surface area contributed by atoms with Crippen molar-refractivity contribution >= 4 is 0 Å². The van der Waals surface area contributed by atoms with E-state index in [1.807, 2.05) is 25.1 Å². The second-order valence-corrected chi connectivity index (χ2v) is 6.02. The Morgan fingerprint density at radius 2 is 1.85 bits per heavy atom. The highest BCUT2D eigenvalue weighted by atomic mass is 19.1. The SMILES string of the molecule is C[C@@H](NCc1nc(-c2ccc(F)cc2)no1)c1ccc2c(c1)OCCO2. The highest BCUT2D eigenvalue weighted by Gasteiger charge is 2.15. The molecule has 2 heterocycles. The normalized spacial score (nSPS) is 14.2. The fourth-order valence-electron chi connectivity index (χ4n) is 2.73. The number of hydrogen-bond donors (Lipinski definition) is 1. The lowest BCUT2D eigenvalue weighted by Gasteiger charge is -2.20. The summed E-state index contributed by atoms with van der Waals surface area (Å²) in [6.07, 6.45) is 0. The monoisotopic (exact) mass is 355 g/mol. The van der Waals surface area contributed by atoms with Crippen LogP contribution in [0.1, 0.15) is 24.4 Å². The van der Waals surface area contributed by atoms with Crippen molar-refractivity contribution in [3.63, 3.8) is 0 Å². The van der Waals surface area contributed by atoms with Gasteiger partial charge in [-0.2, -0.15) is 4.98 Å². The van der Waals surface area contributed by atoms with Gasteiger partial charge in [-0.1, -0.05) is 11.2 Å². The molecule has 0 fully saturated rings. The first-order valence-corrected chi connectivity index (χ1v) is 8.40. The Labute approximate surface area is 149 Å². The number of nitrogens with zero attached hydrogens (tertiary/aromatic N) is 2. The number of fused-ring (bicyclic) bond motifs is 1. The Morgan fingerprint density at radius 3 is 2.65 bits per heavy atom.